The Morgan fingerprint density at radius 3 is 2.78 bits per heavy atom. The second-order valence-electron chi connectivity index (χ2n) is 1.62. The average molecular weight is 258 g/mol. The third-order valence-electron chi connectivity index (χ3n) is 0.824. The van der Waals surface area contributed by atoms with Gasteiger partial charge in [-0.3, -0.25) is 0 Å². The van der Waals surface area contributed by atoms with E-state index in [4.69, 9.17) is 4.74 Å². The van der Waals surface area contributed by atoms with E-state index in [0.29, 0.717) is 0 Å². The Labute approximate surface area is 72.7 Å². The topological polar surface area (TPSA) is 9.23 Å². The fourth-order valence-electron chi connectivity index (χ4n) is 0.346. The van der Waals surface area contributed by atoms with Crippen molar-refractivity contribution in [3.05, 3.63) is 9.65 Å². The molecule has 0 atom stereocenters. The highest BCUT2D eigenvalue weighted by Crippen LogP contribution is 2.09. The van der Waals surface area contributed by atoms with Crippen molar-refractivity contribution in [2.45, 2.75) is 19.8 Å². The third-order valence-corrected chi connectivity index (χ3v) is 2.31. The van der Waals surface area contributed by atoms with Gasteiger partial charge in [0.15, 0.2) is 4.67 Å². The Hall–Kier alpha value is 0.500. The van der Waals surface area contributed by atoms with Gasteiger partial charge in [0.2, 0.25) is 0 Å². The van der Waals surface area contributed by atoms with Crippen molar-refractivity contribution in [2.75, 3.05) is 6.61 Å². The fourth-order valence-corrected chi connectivity index (χ4v) is 0.640. The van der Waals surface area contributed by atoms with Crippen LogP contribution >= 0.6 is 31.9 Å². The molecular formula is C6H10Br2O. The summed E-state index contributed by atoms with van der Waals surface area (Å²) in [6.07, 6.45) is 2.28. The third kappa shape index (κ3) is 6.38. The first-order valence-electron chi connectivity index (χ1n) is 2.90. The molecule has 0 N–H and O–H groups in total. The predicted molar refractivity (Wildman–Crippen MR) is 46.8 cm³/mol. The van der Waals surface area contributed by atoms with E-state index >= 15 is 0 Å². The van der Waals surface area contributed by atoms with Crippen LogP contribution in [0.5, 0.6) is 0 Å². The molecule has 0 aromatic rings. The van der Waals surface area contributed by atoms with Crippen molar-refractivity contribution in [2.24, 2.45) is 0 Å². The van der Waals surface area contributed by atoms with E-state index < -0.39 is 0 Å². The highest BCUT2D eigenvalue weighted by molar-refractivity contribution is 9.13. The summed E-state index contributed by atoms with van der Waals surface area (Å²) < 4.78 is 5.92. The molecule has 0 fully saturated rings. The molecule has 0 aliphatic carbocycles. The van der Waals surface area contributed by atoms with Crippen molar-refractivity contribution >= 4 is 31.9 Å². The first-order chi connectivity index (χ1) is 4.31. The molecule has 0 aromatic carbocycles. The smallest absolute Gasteiger partial charge is 0.168 e. The van der Waals surface area contributed by atoms with Gasteiger partial charge in [-0.15, -0.1) is 0 Å². The highest BCUT2D eigenvalue weighted by atomic mass is 79.9. The Kier molecular flexibility index (Phi) is 6.99. The molecule has 0 spiro atoms. The zero-order chi connectivity index (χ0) is 7.11. The molecule has 1 nitrogen and oxygen atoms in total. The lowest BCUT2D eigenvalue weighted by molar-refractivity contribution is 0.236. The molecule has 0 rings (SSSR count). The summed E-state index contributed by atoms with van der Waals surface area (Å²) in [5, 5.41) is 0. The molecule has 0 bridgehead atoms. The molecule has 0 saturated carbocycles. The number of rotatable bonds is 4. The standard InChI is InChI=1S/C6H10Br2O/c1-2-3-4-9-6(8)5-7/h5H,2-4H2,1H3/b6-5+. The summed E-state index contributed by atoms with van der Waals surface area (Å²) in [4.78, 5) is 1.71. The second-order valence-corrected chi connectivity index (χ2v) is 2.85. The minimum atomic E-state index is 0.760. The molecule has 0 aliphatic heterocycles. The van der Waals surface area contributed by atoms with Crippen LogP contribution in [0.4, 0.5) is 0 Å². The van der Waals surface area contributed by atoms with Crippen LogP contribution in [0.1, 0.15) is 19.8 Å². The lowest BCUT2D eigenvalue weighted by atomic mass is 10.4. The monoisotopic (exact) mass is 256 g/mol. The normalized spacial score (nSPS) is 11.7. The number of ether oxygens (including phenoxy) is 1. The van der Waals surface area contributed by atoms with Crippen LogP contribution in [-0.2, 0) is 4.74 Å². The number of hydrogen-bond acceptors (Lipinski definition) is 1. The molecule has 0 aromatic heterocycles. The van der Waals surface area contributed by atoms with E-state index in [0.717, 1.165) is 17.7 Å². The molecule has 54 valence electrons. The van der Waals surface area contributed by atoms with Gasteiger partial charge in [-0.2, -0.15) is 0 Å². The summed E-state index contributed by atoms with van der Waals surface area (Å²) in [5.74, 6) is 0. The zero-order valence-electron chi connectivity index (χ0n) is 5.36. The molecule has 0 saturated heterocycles. The van der Waals surface area contributed by atoms with Gasteiger partial charge < -0.3 is 4.74 Å². The molecule has 3 heteroatoms. The minimum absolute atomic E-state index is 0.760. The Morgan fingerprint density at radius 2 is 2.33 bits per heavy atom. The van der Waals surface area contributed by atoms with Crippen LogP contribution in [-0.4, -0.2) is 6.61 Å². The van der Waals surface area contributed by atoms with Crippen LogP contribution in [0.25, 0.3) is 0 Å². The first kappa shape index (κ1) is 9.50. The van der Waals surface area contributed by atoms with Crippen molar-refractivity contribution in [1.29, 1.82) is 0 Å². The van der Waals surface area contributed by atoms with E-state index in [1.807, 2.05) is 0 Å². The minimum Gasteiger partial charge on any atom is -0.486 e. The van der Waals surface area contributed by atoms with Crippen LogP contribution in [0.2, 0.25) is 0 Å². The summed E-state index contributed by atoms with van der Waals surface area (Å²) >= 11 is 6.33. The van der Waals surface area contributed by atoms with E-state index in [9.17, 15) is 0 Å². The highest BCUT2D eigenvalue weighted by Gasteiger charge is 1.87. The Bertz CT molecular complexity index is 91.1. The van der Waals surface area contributed by atoms with Gasteiger partial charge in [0, 0.05) is 4.99 Å². The molecule has 9 heavy (non-hydrogen) atoms. The van der Waals surface area contributed by atoms with Gasteiger partial charge >= 0.3 is 0 Å². The Morgan fingerprint density at radius 1 is 1.67 bits per heavy atom. The molecule has 0 unspecified atom stereocenters. The van der Waals surface area contributed by atoms with Crippen molar-refractivity contribution in [1.82, 2.24) is 0 Å². The van der Waals surface area contributed by atoms with Gasteiger partial charge in [-0.1, -0.05) is 29.3 Å². The first-order valence-corrected chi connectivity index (χ1v) is 4.60. The zero-order valence-corrected chi connectivity index (χ0v) is 8.53. The van der Waals surface area contributed by atoms with E-state index in [1.165, 1.54) is 6.42 Å². The van der Waals surface area contributed by atoms with Crippen molar-refractivity contribution in [3.8, 4) is 0 Å². The molecular weight excluding hydrogens is 248 g/mol. The second kappa shape index (κ2) is 6.62. The lowest BCUT2D eigenvalue weighted by Crippen LogP contribution is -1.87. The van der Waals surface area contributed by atoms with Gasteiger partial charge in [-0.25, -0.2) is 0 Å². The van der Waals surface area contributed by atoms with Gasteiger partial charge in [0.25, 0.3) is 0 Å². The van der Waals surface area contributed by atoms with Crippen molar-refractivity contribution < 1.29 is 4.74 Å². The average Bonchev–Trinajstić information content (AvgIpc) is 1.89. The SMILES string of the molecule is CCCCO/C(Br)=C/Br. The van der Waals surface area contributed by atoms with E-state index in [1.54, 1.807) is 4.99 Å². The summed E-state index contributed by atoms with van der Waals surface area (Å²) in [7, 11) is 0. The van der Waals surface area contributed by atoms with Crippen LogP contribution in [0.3, 0.4) is 0 Å². The number of unbranched alkanes of at least 4 members (excludes halogenated alkanes) is 1. The van der Waals surface area contributed by atoms with Crippen LogP contribution < -0.4 is 0 Å². The van der Waals surface area contributed by atoms with Crippen molar-refractivity contribution in [3.63, 3.8) is 0 Å². The Balaban J connectivity index is 3.07. The summed E-state index contributed by atoms with van der Waals surface area (Å²) in [6, 6.07) is 0. The molecule has 0 radical (unpaired) electrons. The number of hydrogen-bond donors (Lipinski definition) is 0. The number of halogens is 2. The maximum atomic E-state index is 5.16. The largest absolute Gasteiger partial charge is 0.486 e. The van der Waals surface area contributed by atoms with Gasteiger partial charge in [-0.05, 0) is 22.4 Å². The maximum Gasteiger partial charge on any atom is 0.168 e. The maximum absolute atomic E-state index is 5.16. The van der Waals surface area contributed by atoms with E-state index in [-0.39, 0.29) is 0 Å². The molecule has 0 aliphatic rings. The molecule has 0 amide bonds. The van der Waals surface area contributed by atoms with Gasteiger partial charge in [0.05, 0.1) is 6.61 Å². The van der Waals surface area contributed by atoms with Gasteiger partial charge in [0.1, 0.15) is 0 Å². The lowest BCUT2D eigenvalue weighted by Gasteiger charge is -2.00. The van der Waals surface area contributed by atoms with Crippen LogP contribution in [0, 0.1) is 0 Å². The quantitative estimate of drug-likeness (QED) is 0.554. The summed E-state index contributed by atoms with van der Waals surface area (Å²) in [5.41, 5.74) is 0. The van der Waals surface area contributed by atoms with E-state index in [2.05, 4.69) is 38.8 Å². The summed E-state index contributed by atoms with van der Waals surface area (Å²) in [6.45, 7) is 2.92. The predicted octanol–water partition coefficient (Wildman–Crippen LogP) is 3.39. The molecule has 0 heterocycles. The fraction of sp³-hybridized carbons (Fsp3) is 0.667. The van der Waals surface area contributed by atoms with Crippen LogP contribution in [0.15, 0.2) is 9.65 Å².